The number of hydrogen-bond acceptors (Lipinski definition) is 8. The topological polar surface area (TPSA) is 130 Å². The second-order valence-corrected chi connectivity index (χ2v) is 11.2. The van der Waals surface area contributed by atoms with Gasteiger partial charge in [0.2, 0.25) is 0 Å². The lowest BCUT2D eigenvalue weighted by molar-refractivity contribution is 0.100. The van der Waals surface area contributed by atoms with Gasteiger partial charge in [-0.1, -0.05) is 25.1 Å². The summed E-state index contributed by atoms with van der Waals surface area (Å²) in [6.07, 6.45) is 3.10. The first-order chi connectivity index (χ1) is 17.3. The van der Waals surface area contributed by atoms with Gasteiger partial charge < -0.3 is 25.4 Å². The number of carbonyl (C=O) groups is 1. The molecule has 1 fully saturated rings. The Bertz CT molecular complexity index is 1230. The molecule has 1 aliphatic heterocycles. The van der Waals surface area contributed by atoms with E-state index in [9.17, 15) is 13.9 Å². The Morgan fingerprint density at radius 2 is 1.94 bits per heavy atom. The van der Waals surface area contributed by atoms with Gasteiger partial charge in [0.15, 0.2) is 11.5 Å². The Hall–Kier alpha value is -3.05. The van der Waals surface area contributed by atoms with E-state index in [1.165, 1.54) is 6.20 Å². The van der Waals surface area contributed by atoms with Crippen molar-refractivity contribution < 1.29 is 23.4 Å². The van der Waals surface area contributed by atoms with Crippen molar-refractivity contribution in [2.45, 2.75) is 19.8 Å². The standard InChI is InChI=1S/C26H34N4O5S/c1-3-18-7-4-5-8-21(18)29-25-19-15-23(34-2)24(16-22(19)28-17-20(25)26(27)31)35-12-6-9-30-10-13-36(32,33)14-11-30/h4-5,7-8,15-17,32-33H,3,6,9-14H2,1-2H3,(H2,27,31)(H,28,29). The van der Waals surface area contributed by atoms with E-state index in [4.69, 9.17) is 15.2 Å². The molecule has 0 saturated carbocycles. The predicted molar refractivity (Wildman–Crippen MR) is 145 cm³/mol. The molecule has 1 aliphatic rings. The van der Waals surface area contributed by atoms with Crippen LogP contribution in [0, 0.1) is 0 Å². The number of nitrogens with zero attached hydrogens (tertiary/aromatic N) is 2. The Kier molecular flexibility index (Phi) is 8.20. The monoisotopic (exact) mass is 514 g/mol. The molecule has 0 aliphatic carbocycles. The number of fused-ring (bicyclic) bond motifs is 1. The molecule has 1 amide bonds. The zero-order chi connectivity index (χ0) is 25.7. The van der Waals surface area contributed by atoms with Gasteiger partial charge in [0, 0.05) is 43.0 Å². The number of para-hydroxylation sites is 1. The minimum absolute atomic E-state index is 0.294. The molecule has 1 saturated heterocycles. The van der Waals surface area contributed by atoms with Gasteiger partial charge in [0.1, 0.15) is 0 Å². The fraction of sp³-hybridized carbons (Fsp3) is 0.385. The molecule has 2 aromatic carbocycles. The molecule has 0 unspecified atom stereocenters. The number of primary amides is 1. The summed E-state index contributed by atoms with van der Waals surface area (Å²) in [6, 6.07) is 11.6. The maximum atomic E-state index is 12.2. The summed E-state index contributed by atoms with van der Waals surface area (Å²) in [5.41, 5.74) is 9.21. The molecule has 194 valence electrons. The third-order valence-electron chi connectivity index (χ3n) is 6.42. The second-order valence-electron chi connectivity index (χ2n) is 8.82. The normalized spacial score (nSPS) is 16.4. The minimum atomic E-state index is -2.39. The number of nitrogens with two attached hydrogens (primary N) is 1. The number of hydrogen-bond donors (Lipinski definition) is 4. The number of carbonyl (C=O) groups excluding carboxylic acids is 1. The Labute approximate surface area is 213 Å². The van der Waals surface area contributed by atoms with Crippen molar-refractivity contribution in [1.29, 1.82) is 0 Å². The van der Waals surface area contributed by atoms with Crippen LogP contribution in [-0.4, -0.2) is 69.8 Å². The van der Waals surface area contributed by atoms with Gasteiger partial charge in [0.05, 0.1) is 42.0 Å². The third kappa shape index (κ3) is 6.01. The van der Waals surface area contributed by atoms with E-state index in [0.717, 1.165) is 30.6 Å². The number of benzene rings is 2. The van der Waals surface area contributed by atoms with Gasteiger partial charge >= 0.3 is 0 Å². The van der Waals surface area contributed by atoms with Crippen molar-refractivity contribution in [3.8, 4) is 11.5 Å². The molecule has 1 aromatic heterocycles. The molecule has 4 rings (SSSR count). The molecule has 5 N–H and O–H groups in total. The highest BCUT2D eigenvalue weighted by Gasteiger charge is 2.22. The van der Waals surface area contributed by atoms with Gasteiger partial charge in [0.25, 0.3) is 5.91 Å². The number of rotatable bonds is 10. The average molecular weight is 515 g/mol. The van der Waals surface area contributed by atoms with Crippen molar-refractivity contribution in [3.63, 3.8) is 0 Å². The highest BCUT2D eigenvalue weighted by atomic mass is 32.3. The zero-order valence-electron chi connectivity index (χ0n) is 20.7. The molecular weight excluding hydrogens is 480 g/mol. The maximum Gasteiger partial charge on any atom is 0.252 e. The number of methoxy groups -OCH3 is 1. The summed E-state index contributed by atoms with van der Waals surface area (Å²) in [6.45, 7) is 4.74. The minimum Gasteiger partial charge on any atom is -0.493 e. The van der Waals surface area contributed by atoms with Crippen molar-refractivity contribution in [1.82, 2.24) is 9.88 Å². The van der Waals surface area contributed by atoms with Crippen LogP contribution >= 0.6 is 10.6 Å². The summed E-state index contributed by atoms with van der Waals surface area (Å²) in [4.78, 5) is 18.9. The average Bonchev–Trinajstić information content (AvgIpc) is 2.87. The number of aryl methyl sites for hydroxylation is 1. The van der Waals surface area contributed by atoms with Crippen molar-refractivity contribution >= 4 is 38.8 Å². The van der Waals surface area contributed by atoms with Crippen molar-refractivity contribution in [3.05, 3.63) is 53.7 Å². The van der Waals surface area contributed by atoms with E-state index >= 15 is 0 Å². The number of aromatic nitrogens is 1. The van der Waals surface area contributed by atoms with Gasteiger partial charge in [-0.2, -0.15) is 10.6 Å². The Morgan fingerprint density at radius 3 is 2.64 bits per heavy atom. The van der Waals surface area contributed by atoms with Gasteiger partial charge in [-0.15, -0.1) is 0 Å². The van der Waals surface area contributed by atoms with Crippen LogP contribution in [0.5, 0.6) is 11.5 Å². The lowest BCUT2D eigenvalue weighted by Crippen LogP contribution is -2.39. The van der Waals surface area contributed by atoms with Crippen molar-refractivity contribution in [2.24, 2.45) is 5.73 Å². The van der Waals surface area contributed by atoms with Gasteiger partial charge in [-0.3, -0.25) is 18.9 Å². The molecule has 0 spiro atoms. The number of amides is 1. The SMILES string of the molecule is CCc1ccccc1Nc1c(C(N)=O)cnc2cc(OCCCN3CCS(O)(O)CC3)c(OC)cc12. The first-order valence-corrected chi connectivity index (χ1v) is 13.9. The van der Waals surface area contributed by atoms with Crippen LogP contribution in [0.3, 0.4) is 0 Å². The van der Waals surface area contributed by atoms with Crippen LogP contribution in [0.15, 0.2) is 42.6 Å². The molecule has 0 atom stereocenters. The third-order valence-corrected chi connectivity index (χ3v) is 8.09. The number of ether oxygens (including phenoxy) is 2. The maximum absolute atomic E-state index is 12.2. The summed E-state index contributed by atoms with van der Waals surface area (Å²) < 4.78 is 31.2. The van der Waals surface area contributed by atoms with Crippen LogP contribution in [0.2, 0.25) is 0 Å². The first-order valence-electron chi connectivity index (χ1n) is 12.1. The van der Waals surface area contributed by atoms with E-state index in [0.29, 0.717) is 64.9 Å². The lowest BCUT2D eigenvalue weighted by atomic mass is 10.1. The smallest absolute Gasteiger partial charge is 0.252 e. The lowest BCUT2D eigenvalue weighted by Gasteiger charge is -2.40. The van der Waals surface area contributed by atoms with Crippen LogP contribution in [-0.2, 0) is 6.42 Å². The van der Waals surface area contributed by atoms with Gasteiger partial charge in [-0.05, 0) is 30.5 Å². The van der Waals surface area contributed by atoms with Gasteiger partial charge in [-0.25, -0.2) is 0 Å². The number of nitrogens with one attached hydrogen (secondary N) is 1. The summed E-state index contributed by atoms with van der Waals surface area (Å²) in [7, 11) is -0.811. The van der Waals surface area contributed by atoms with E-state index in [-0.39, 0.29) is 0 Å². The van der Waals surface area contributed by atoms with Crippen LogP contribution in [0.4, 0.5) is 11.4 Å². The van der Waals surface area contributed by atoms with Crippen LogP contribution < -0.4 is 20.5 Å². The summed E-state index contributed by atoms with van der Waals surface area (Å²) >= 11 is 0. The fourth-order valence-electron chi connectivity index (χ4n) is 4.34. The first kappa shape index (κ1) is 26.0. The number of anilines is 2. The zero-order valence-corrected chi connectivity index (χ0v) is 21.5. The molecule has 9 nitrogen and oxygen atoms in total. The predicted octanol–water partition coefficient (Wildman–Crippen LogP) is 4.48. The Balaban J connectivity index is 1.55. The summed E-state index contributed by atoms with van der Waals surface area (Å²) in [5.74, 6) is 1.40. The molecule has 3 aromatic rings. The second kappa shape index (κ2) is 11.3. The molecular formula is C26H34N4O5S. The van der Waals surface area contributed by atoms with E-state index in [2.05, 4.69) is 22.1 Å². The molecule has 2 heterocycles. The fourth-order valence-corrected chi connectivity index (χ4v) is 5.64. The summed E-state index contributed by atoms with van der Waals surface area (Å²) in [5, 5.41) is 4.11. The van der Waals surface area contributed by atoms with E-state index in [1.807, 2.05) is 36.4 Å². The molecule has 0 radical (unpaired) electrons. The van der Waals surface area contributed by atoms with E-state index < -0.39 is 16.5 Å². The highest BCUT2D eigenvalue weighted by molar-refractivity contribution is 8.24. The molecule has 36 heavy (non-hydrogen) atoms. The number of pyridine rings is 1. The quantitative estimate of drug-likeness (QED) is 0.291. The van der Waals surface area contributed by atoms with Crippen LogP contribution in [0.25, 0.3) is 10.9 Å². The molecule has 10 heteroatoms. The highest BCUT2D eigenvalue weighted by Crippen LogP contribution is 2.40. The largest absolute Gasteiger partial charge is 0.493 e. The molecule has 0 bridgehead atoms. The van der Waals surface area contributed by atoms with Crippen molar-refractivity contribution in [2.75, 3.05) is 50.2 Å². The Morgan fingerprint density at radius 1 is 1.19 bits per heavy atom. The van der Waals surface area contributed by atoms with Crippen LogP contribution in [0.1, 0.15) is 29.3 Å². The van der Waals surface area contributed by atoms with E-state index in [1.54, 1.807) is 7.11 Å².